The molecule has 2 heterocycles. The summed E-state index contributed by atoms with van der Waals surface area (Å²) < 4.78 is 17.1. The van der Waals surface area contributed by atoms with Crippen LogP contribution in [0.5, 0.6) is 0 Å². The van der Waals surface area contributed by atoms with Gasteiger partial charge in [0.25, 0.3) is 0 Å². The van der Waals surface area contributed by atoms with Crippen LogP contribution in [0.1, 0.15) is 34.6 Å². The van der Waals surface area contributed by atoms with E-state index in [-0.39, 0.29) is 30.3 Å². The zero-order valence-corrected chi connectivity index (χ0v) is 11.7. The largest absolute Gasteiger partial charge is 0.394 e. The minimum atomic E-state index is -0.815. The summed E-state index contributed by atoms with van der Waals surface area (Å²) in [6, 6.07) is 0. The Kier molecular flexibility index (Phi) is 3.49. The van der Waals surface area contributed by atoms with E-state index in [0.717, 1.165) is 0 Å². The van der Waals surface area contributed by atoms with Crippen LogP contribution in [-0.2, 0) is 14.2 Å². The van der Waals surface area contributed by atoms with E-state index in [2.05, 4.69) is 0 Å². The highest BCUT2D eigenvalue weighted by atomic mass is 16.7. The van der Waals surface area contributed by atoms with Crippen molar-refractivity contribution < 1.29 is 24.4 Å². The lowest BCUT2D eigenvalue weighted by Crippen LogP contribution is -2.72. The molecule has 2 rings (SSSR count). The third-order valence-corrected chi connectivity index (χ3v) is 3.57. The van der Waals surface area contributed by atoms with Crippen molar-refractivity contribution in [1.82, 2.24) is 0 Å². The quantitative estimate of drug-likeness (QED) is 0.764. The zero-order chi connectivity index (χ0) is 13.7. The molecule has 5 unspecified atom stereocenters. The molecule has 2 fully saturated rings. The van der Waals surface area contributed by atoms with Crippen LogP contribution in [0.15, 0.2) is 0 Å². The highest BCUT2D eigenvalue weighted by molar-refractivity contribution is 5.06. The average molecular weight is 260 g/mol. The Morgan fingerprint density at radius 2 is 1.89 bits per heavy atom. The maximum Gasteiger partial charge on any atom is 0.187 e. The number of hydrogen-bond acceptors (Lipinski definition) is 5. The van der Waals surface area contributed by atoms with Crippen molar-refractivity contribution in [2.45, 2.75) is 70.4 Å². The molecule has 5 heteroatoms. The molecule has 0 saturated carbocycles. The predicted octanol–water partition coefficient (Wildman–Crippen LogP) is 0.673. The molecule has 0 spiro atoms. The Bertz CT molecular complexity index is 307. The summed E-state index contributed by atoms with van der Waals surface area (Å²) in [6.45, 7) is 9.48. The van der Waals surface area contributed by atoms with Gasteiger partial charge in [-0.15, -0.1) is 0 Å². The summed E-state index contributed by atoms with van der Waals surface area (Å²) in [5, 5.41) is 19.6. The summed E-state index contributed by atoms with van der Waals surface area (Å²) >= 11 is 0. The van der Waals surface area contributed by atoms with E-state index in [1.165, 1.54) is 0 Å². The third kappa shape index (κ3) is 2.42. The Morgan fingerprint density at radius 1 is 1.28 bits per heavy atom. The molecule has 0 amide bonds. The van der Waals surface area contributed by atoms with E-state index in [1.54, 1.807) is 0 Å². The molecule has 2 saturated heterocycles. The number of ether oxygens (including phenoxy) is 3. The topological polar surface area (TPSA) is 68.2 Å². The molecule has 0 aromatic heterocycles. The first-order chi connectivity index (χ1) is 8.15. The lowest BCUT2D eigenvalue weighted by Gasteiger charge is -2.59. The van der Waals surface area contributed by atoms with E-state index in [1.807, 2.05) is 34.6 Å². The van der Waals surface area contributed by atoms with Crippen molar-refractivity contribution in [1.29, 1.82) is 0 Å². The molecule has 0 radical (unpaired) electrons. The normalized spacial score (nSPS) is 43.2. The van der Waals surface area contributed by atoms with Crippen LogP contribution in [0.4, 0.5) is 0 Å². The molecule has 2 aliphatic heterocycles. The second-order valence-electron chi connectivity index (χ2n) is 6.66. The standard InChI is InChI=1S/C13H24O5/c1-12(2,3)18-11-9(15)10-8(7(6-14)16-11)13(4,5)17-10/h7-11,14-15H,6H2,1-5H3. The fourth-order valence-electron chi connectivity index (χ4n) is 2.86. The molecule has 2 N–H and O–H groups in total. The molecular formula is C13H24O5. The Labute approximate surface area is 108 Å². The van der Waals surface area contributed by atoms with Crippen molar-refractivity contribution in [3.63, 3.8) is 0 Å². The van der Waals surface area contributed by atoms with Crippen LogP contribution < -0.4 is 0 Å². The Morgan fingerprint density at radius 3 is 2.33 bits per heavy atom. The first-order valence-corrected chi connectivity index (χ1v) is 6.46. The van der Waals surface area contributed by atoms with Crippen LogP contribution in [0.3, 0.4) is 0 Å². The maximum absolute atomic E-state index is 10.2. The fraction of sp³-hybridized carbons (Fsp3) is 1.00. The first kappa shape index (κ1) is 14.2. The number of aliphatic hydroxyl groups is 2. The van der Waals surface area contributed by atoms with Crippen LogP contribution >= 0.6 is 0 Å². The van der Waals surface area contributed by atoms with Gasteiger partial charge in [-0.1, -0.05) is 0 Å². The molecule has 0 aromatic carbocycles. The van der Waals surface area contributed by atoms with Gasteiger partial charge in [0.15, 0.2) is 6.29 Å². The molecular weight excluding hydrogens is 236 g/mol. The Balaban J connectivity index is 2.11. The van der Waals surface area contributed by atoms with Crippen molar-refractivity contribution in [2.24, 2.45) is 5.92 Å². The van der Waals surface area contributed by atoms with Gasteiger partial charge in [-0.3, -0.25) is 0 Å². The maximum atomic E-state index is 10.2. The lowest BCUT2D eigenvalue weighted by atomic mass is 9.72. The van der Waals surface area contributed by atoms with Gasteiger partial charge >= 0.3 is 0 Å². The van der Waals surface area contributed by atoms with Gasteiger partial charge < -0.3 is 24.4 Å². The molecule has 0 aliphatic carbocycles. The van der Waals surface area contributed by atoms with Crippen molar-refractivity contribution in [2.75, 3.05) is 6.61 Å². The zero-order valence-electron chi connectivity index (χ0n) is 11.7. The SMILES string of the molecule is CC(C)(C)OC1OC(CO)C2C(OC2(C)C)C1O. The molecule has 0 bridgehead atoms. The van der Waals surface area contributed by atoms with E-state index < -0.39 is 18.0 Å². The minimum Gasteiger partial charge on any atom is -0.394 e. The highest BCUT2D eigenvalue weighted by Gasteiger charge is 2.61. The highest BCUT2D eigenvalue weighted by Crippen LogP contribution is 2.47. The monoisotopic (exact) mass is 260 g/mol. The first-order valence-electron chi connectivity index (χ1n) is 6.46. The number of fused-ring (bicyclic) bond motifs is 1. The molecule has 18 heavy (non-hydrogen) atoms. The fourth-order valence-corrected chi connectivity index (χ4v) is 2.86. The summed E-state index contributed by atoms with van der Waals surface area (Å²) in [6.07, 6.45) is -2.24. The van der Waals surface area contributed by atoms with Crippen molar-refractivity contribution in [3.05, 3.63) is 0 Å². The molecule has 0 aromatic rings. The van der Waals surface area contributed by atoms with Gasteiger partial charge in [0.2, 0.25) is 0 Å². The molecule has 106 valence electrons. The number of rotatable bonds is 2. The van der Waals surface area contributed by atoms with Gasteiger partial charge in [-0.2, -0.15) is 0 Å². The predicted molar refractivity (Wildman–Crippen MR) is 65.0 cm³/mol. The van der Waals surface area contributed by atoms with Crippen molar-refractivity contribution >= 4 is 0 Å². The number of hydrogen-bond donors (Lipinski definition) is 2. The van der Waals surface area contributed by atoms with E-state index in [4.69, 9.17) is 14.2 Å². The van der Waals surface area contributed by atoms with E-state index >= 15 is 0 Å². The summed E-state index contributed by atoms with van der Waals surface area (Å²) in [7, 11) is 0. The van der Waals surface area contributed by atoms with E-state index in [0.29, 0.717) is 0 Å². The van der Waals surface area contributed by atoms with Crippen LogP contribution in [0, 0.1) is 5.92 Å². The minimum absolute atomic E-state index is 0.00248. The van der Waals surface area contributed by atoms with Crippen LogP contribution in [0.25, 0.3) is 0 Å². The molecule has 5 atom stereocenters. The van der Waals surface area contributed by atoms with Crippen LogP contribution in [0.2, 0.25) is 0 Å². The third-order valence-electron chi connectivity index (χ3n) is 3.57. The van der Waals surface area contributed by atoms with Gasteiger partial charge in [0.1, 0.15) is 6.10 Å². The van der Waals surface area contributed by atoms with Gasteiger partial charge in [0.05, 0.1) is 30.0 Å². The van der Waals surface area contributed by atoms with Crippen molar-refractivity contribution in [3.8, 4) is 0 Å². The van der Waals surface area contributed by atoms with Gasteiger partial charge in [-0.05, 0) is 34.6 Å². The second-order valence-corrected chi connectivity index (χ2v) is 6.66. The average Bonchev–Trinajstić information content (AvgIpc) is 2.20. The number of aliphatic hydroxyl groups excluding tert-OH is 2. The molecule has 5 nitrogen and oxygen atoms in total. The van der Waals surface area contributed by atoms with Crippen LogP contribution in [-0.4, -0.2) is 52.6 Å². The lowest BCUT2D eigenvalue weighted by molar-refractivity contribution is -0.393. The summed E-state index contributed by atoms with van der Waals surface area (Å²) in [5.74, 6) is -0.00248. The van der Waals surface area contributed by atoms with Gasteiger partial charge in [-0.25, -0.2) is 0 Å². The smallest absolute Gasteiger partial charge is 0.187 e. The van der Waals surface area contributed by atoms with E-state index in [9.17, 15) is 10.2 Å². The summed E-state index contributed by atoms with van der Waals surface area (Å²) in [4.78, 5) is 0. The summed E-state index contributed by atoms with van der Waals surface area (Å²) in [5.41, 5.74) is -0.788. The second kappa shape index (κ2) is 4.42. The molecule has 2 aliphatic rings. The van der Waals surface area contributed by atoms with Gasteiger partial charge in [0, 0.05) is 5.92 Å². The Hall–Kier alpha value is -0.200.